The number of aliphatic hydroxyl groups excluding tert-OH is 1. The second-order valence-electron chi connectivity index (χ2n) is 3.78. The molecule has 1 aliphatic heterocycles. The lowest BCUT2D eigenvalue weighted by atomic mass is 10.1. The first-order chi connectivity index (χ1) is 6.33. The standard InChI is InChI=1S/C10H21NOS/c1-2-10(12)3-5-11-7-9-4-6-13-8-9/h9-12H,2-8H2,1H3. The molecule has 1 saturated heterocycles. The van der Waals surface area contributed by atoms with Gasteiger partial charge >= 0.3 is 0 Å². The van der Waals surface area contributed by atoms with E-state index >= 15 is 0 Å². The van der Waals surface area contributed by atoms with Crippen LogP contribution in [0.4, 0.5) is 0 Å². The van der Waals surface area contributed by atoms with Crippen molar-refractivity contribution in [3.05, 3.63) is 0 Å². The summed E-state index contributed by atoms with van der Waals surface area (Å²) in [6.45, 7) is 4.14. The van der Waals surface area contributed by atoms with Crippen molar-refractivity contribution in [2.45, 2.75) is 32.3 Å². The van der Waals surface area contributed by atoms with Gasteiger partial charge in [0.25, 0.3) is 0 Å². The summed E-state index contributed by atoms with van der Waals surface area (Å²) in [6, 6.07) is 0. The third-order valence-corrected chi connectivity index (χ3v) is 3.81. The van der Waals surface area contributed by atoms with E-state index in [2.05, 4.69) is 17.1 Å². The van der Waals surface area contributed by atoms with Crippen molar-refractivity contribution in [1.29, 1.82) is 0 Å². The molecule has 0 saturated carbocycles. The summed E-state index contributed by atoms with van der Waals surface area (Å²) in [4.78, 5) is 0. The van der Waals surface area contributed by atoms with Crippen LogP contribution in [0.2, 0.25) is 0 Å². The second kappa shape index (κ2) is 6.68. The predicted octanol–water partition coefficient (Wildman–Crippen LogP) is 1.49. The van der Waals surface area contributed by atoms with E-state index in [0.29, 0.717) is 0 Å². The van der Waals surface area contributed by atoms with Gasteiger partial charge in [-0.1, -0.05) is 6.92 Å². The molecule has 0 bridgehead atoms. The van der Waals surface area contributed by atoms with Crippen LogP contribution >= 0.6 is 11.8 Å². The first-order valence-electron chi connectivity index (χ1n) is 5.29. The third kappa shape index (κ3) is 4.89. The van der Waals surface area contributed by atoms with Gasteiger partial charge in [0, 0.05) is 0 Å². The molecule has 1 rings (SSSR count). The first kappa shape index (κ1) is 11.3. The van der Waals surface area contributed by atoms with Gasteiger partial charge in [0.1, 0.15) is 0 Å². The summed E-state index contributed by atoms with van der Waals surface area (Å²) < 4.78 is 0. The fourth-order valence-corrected chi connectivity index (χ4v) is 2.81. The monoisotopic (exact) mass is 203 g/mol. The zero-order chi connectivity index (χ0) is 9.52. The van der Waals surface area contributed by atoms with Crippen molar-refractivity contribution >= 4 is 11.8 Å². The molecular formula is C10H21NOS. The quantitative estimate of drug-likeness (QED) is 0.642. The Morgan fingerprint density at radius 2 is 2.46 bits per heavy atom. The molecule has 2 atom stereocenters. The second-order valence-corrected chi connectivity index (χ2v) is 4.93. The van der Waals surface area contributed by atoms with Gasteiger partial charge in [-0.05, 0) is 49.8 Å². The van der Waals surface area contributed by atoms with Crippen molar-refractivity contribution in [2.24, 2.45) is 5.92 Å². The lowest BCUT2D eigenvalue weighted by Crippen LogP contribution is -2.26. The molecule has 0 radical (unpaired) electrons. The fourth-order valence-electron chi connectivity index (χ4n) is 1.52. The van der Waals surface area contributed by atoms with E-state index in [1.54, 1.807) is 0 Å². The predicted molar refractivity (Wildman–Crippen MR) is 59.2 cm³/mol. The average molecular weight is 203 g/mol. The SMILES string of the molecule is CCC(O)CCNCC1CCSC1. The van der Waals surface area contributed by atoms with Gasteiger partial charge in [-0.25, -0.2) is 0 Å². The van der Waals surface area contributed by atoms with Crippen LogP contribution in [0.3, 0.4) is 0 Å². The van der Waals surface area contributed by atoms with Gasteiger partial charge in [0.2, 0.25) is 0 Å². The molecule has 2 unspecified atom stereocenters. The average Bonchev–Trinajstić information content (AvgIpc) is 2.64. The van der Waals surface area contributed by atoms with Crippen LogP contribution < -0.4 is 5.32 Å². The largest absolute Gasteiger partial charge is 0.393 e. The van der Waals surface area contributed by atoms with Crippen molar-refractivity contribution in [2.75, 3.05) is 24.6 Å². The minimum atomic E-state index is -0.106. The number of thioether (sulfide) groups is 1. The summed E-state index contributed by atoms with van der Waals surface area (Å²) in [6.07, 6.45) is 3.04. The van der Waals surface area contributed by atoms with E-state index in [-0.39, 0.29) is 6.10 Å². The van der Waals surface area contributed by atoms with Crippen LogP contribution in [0.1, 0.15) is 26.2 Å². The van der Waals surface area contributed by atoms with Gasteiger partial charge in [-0.2, -0.15) is 11.8 Å². The van der Waals surface area contributed by atoms with Crippen LogP contribution in [-0.4, -0.2) is 35.8 Å². The smallest absolute Gasteiger partial charge is 0.0549 e. The highest BCUT2D eigenvalue weighted by Gasteiger charge is 2.14. The van der Waals surface area contributed by atoms with Gasteiger partial charge in [-0.3, -0.25) is 0 Å². The van der Waals surface area contributed by atoms with E-state index < -0.39 is 0 Å². The molecule has 1 aliphatic rings. The molecule has 2 N–H and O–H groups in total. The van der Waals surface area contributed by atoms with Crippen LogP contribution in [0.25, 0.3) is 0 Å². The molecular weight excluding hydrogens is 182 g/mol. The minimum absolute atomic E-state index is 0.106. The third-order valence-electron chi connectivity index (χ3n) is 2.58. The van der Waals surface area contributed by atoms with Crippen LogP contribution in [0, 0.1) is 5.92 Å². The molecule has 0 amide bonds. The molecule has 0 aromatic rings. The summed E-state index contributed by atoms with van der Waals surface area (Å²) >= 11 is 2.06. The topological polar surface area (TPSA) is 32.3 Å². The van der Waals surface area contributed by atoms with Crippen LogP contribution in [0.15, 0.2) is 0 Å². The first-order valence-corrected chi connectivity index (χ1v) is 6.45. The molecule has 78 valence electrons. The van der Waals surface area contributed by atoms with Gasteiger partial charge in [0.15, 0.2) is 0 Å². The van der Waals surface area contributed by atoms with Gasteiger partial charge < -0.3 is 10.4 Å². The lowest BCUT2D eigenvalue weighted by molar-refractivity contribution is 0.159. The molecule has 0 aliphatic carbocycles. The maximum atomic E-state index is 9.31. The highest BCUT2D eigenvalue weighted by atomic mass is 32.2. The number of nitrogens with one attached hydrogen (secondary N) is 1. The Hall–Kier alpha value is 0.270. The molecule has 3 heteroatoms. The Kier molecular flexibility index (Phi) is 5.83. The summed E-state index contributed by atoms with van der Waals surface area (Å²) in [7, 11) is 0. The Morgan fingerprint density at radius 1 is 1.62 bits per heavy atom. The fraction of sp³-hybridized carbons (Fsp3) is 1.00. The molecule has 1 fully saturated rings. The molecule has 0 spiro atoms. The number of hydrogen-bond donors (Lipinski definition) is 2. The molecule has 13 heavy (non-hydrogen) atoms. The Labute approximate surface area is 85.5 Å². The highest BCUT2D eigenvalue weighted by Crippen LogP contribution is 2.22. The molecule has 1 heterocycles. The zero-order valence-corrected chi connectivity index (χ0v) is 9.28. The van der Waals surface area contributed by atoms with Gasteiger partial charge in [0.05, 0.1) is 6.10 Å². The minimum Gasteiger partial charge on any atom is -0.393 e. The van der Waals surface area contributed by atoms with Crippen molar-refractivity contribution < 1.29 is 5.11 Å². The van der Waals surface area contributed by atoms with E-state index in [0.717, 1.165) is 31.8 Å². The Morgan fingerprint density at radius 3 is 3.08 bits per heavy atom. The molecule has 0 aromatic heterocycles. The lowest BCUT2D eigenvalue weighted by Gasteiger charge is -2.11. The molecule has 0 aromatic carbocycles. The Balaban J connectivity index is 1.88. The van der Waals surface area contributed by atoms with E-state index in [1.807, 2.05) is 6.92 Å². The van der Waals surface area contributed by atoms with Crippen molar-refractivity contribution in [3.63, 3.8) is 0 Å². The number of hydrogen-bond acceptors (Lipinski definition) is 3. The van der Waals surface area contributed by atoms with E-state index in [4.69, 9.17) is 0 Å². The maximum Gasteiger partial charge on any atom is 0.0549 e. The van der Waals surface area contributed by atoms with E-state index in [1.165, 1.54) is 17.9 Å². The van der Waals surface area contributed by atoms with Crippen LogP contribution in [-0.2, 0) is 0 Å². The van der Waals surface area contributed by atoms with E-state index in [9.17, 15) is 5.11 Å². The zero-order valence-electron chi connectivity index (χ0n) is 8.46. The Bertz CT molecular complexity index is 126. The number of rotatable bonds is 6. The normalized spacial score (nSPS) is 24.9. The summed E-state index contributed by atoms with van der Waals surface area (Å²) in [5.74, 6) is 3.54. The van der Waals surface area contributed by atoms with Crippen molar-refractivity contribution in [3.8, 4) is 0 Å². The van der Waals surface area contributed by atoms with Crippen LogP contribution in [0.5, 0.6) is 0 Å². The summed E-state index contributed by atoms with van der Waals surface area (Å²) in [5, 5.41) is 12.7. The maximum absolute atomic E-state index is 9.31. The number of aliphatic hydroxyl groups is 1. The van der Waals surface area contributed by atoms with Crippen molar-refractivity contribution in [1.82, 2.24) is 5.32 Å². The highest BCUT2D eigenvalue weighted by molar-refractivity contribution is 7.99. The van der Waals surface area contributed by atoms with Gasteiger partial charge in [-0.15, -0.1) is 0 Å². The summed E-state index contributed by atoms with van der Waals surface area (Å²) in [5.41, 5.74) is 0. The molecule has 2 nitrogen and oxygen atoms in total.